The van der Waals surface area contributed by atoms with Crippen molar-refractivity contribution in [2.75, 3.05) is 20.2 Å². The van der Waals surface area contributed by atoms with Gasteiger partial charge in [0.05, 0.1) is 5.69 Å². The zero-order valence-corrected chi connectivity index (χ0v) is 22.5. The normalized spacial score (nSPS) is 18.4. The highest BCUT2D eigenvalue weighted by Crippen LogP contribution is 2.38. The summed E-state index contributed by atoms with van der Waals surface area (Å²) < 4.78 is 0. The first-order valence-corrected chi connectivity index (χ1v) is 16.0. The average molecular weight is 504 g/mol. The van der Waals surface area contributed by atoms with Gasteiger partial charge in [0.1, 0.15) is 17.9 Å². The molecular weight excluding hydrogens is 470 g/mol. The Kier molecular flexibility index (Phi) is 6.00. The number of hydrogen-bond acceptors (Lipinski definition) is 5. The summed E-state index contributed by atoms with van der Waals surface area (Å²) in [5.74, 6) is -0.274. The lowest BCUT2D eigenvalue weighted by atomic mass is 9.90. The van der Waals surface area contributed by atoms with Crippen molar-refractivity contribution in [2.24, 2.45) is 0 Å². The van der Waals surface area contributed by atoms with Crippen LogP contribution in [0.5, 0.6) is 0 Å². The number of likely N-dealkylation sites (tertiary alicyclic amines) is 1. The number of likely N-dealkylation sites (N-methyl/N-ethyl adjacent to an activating group) is 1. The van der Waals surface area contributed by atoms with Gasteiger partial charge in [-0.1, -0.05) is 42.7 Å². The van der Waals surface area contributed by atoms with E-state index in [1.54, 1.807) is 23.0 Å². The number of benzene rings is 1. The lowest BCUT2D eigenvalue weighted by Gasteiger charge is -2.21. The van der Waals surface area contributed by atoms with Crippen LogP contribution < -0.4 is 4.84 Å². The molecule has 1 aromatic carbocycles. The number of nitrogens with zero attached hydrogens (tertiary/aromatic N) is 4. The highest BCUT2D eigenvalue weighted by molar-refractivity contribution is 6.76. The molecule has 0 aliphatic carbocycles. The van der Waals surface area contributed by atoms with Gasteiger partial charge in [-0.2, -0.15) is 0 Å². The van der Waals surface area contributed by atoms with Gasteiger partial charge in [-0.05, 0) is 36.7 Å². The fraction of sp³-hybridized carbons (Fsp3) is 0.370. The zero-order chi connectivity index (χ0) is 25.7. The average Bonchev–Trinajstić information content (AvgIpc) is 3.49. The first kappa shape index (κ1) is 24.3. The number of hydrogen-bond donors (Lipinski definition) is 2. The Morgan fingerprint density at radius 2 is 2.03 bits per heavy atom. The molecule has 188 valence electrons. The maximum absolute atomic E-state index is 12.7. The predicted octanol–water partition coefficient (Wildman–Crippen LogP) is 4.22. The van der Waals surface area contributed by atoms with Crippen molar-refractivity contribution in [3.8, 4) is 22.5 Å². The lowest BCUT2D eigenvalue weighted by molar-refractivity contribution is -0.143. The van der Waals surface area contributed by atoms with Crippen LogP contribution in [0.25, 0.3) is 33.5 Å². The van der Waals surface area contributed by atoms with Crippen molar-refractivity contribution < 1.29 is 14.7 Å². The minimum absolute atomic E-state index is 0.274. The maximum atomic E-state index is 12.7. The number of nitrogens with one attached hydrogen (secondary N) is 1. The summed E-state index contributed by atoms with van der Waals surface area (Å²) in [5, 5.41) is 17.1. The molecular formula is C27H33N5O3Si. The van der Waals surface area contributed by atoms with Gasteiger partial charge in [0, 0.05) is 62.6 Å². The second-order valence-corrected chi connectivity index (χ2v) is 16.5. The van der Waals surface area contributed by atoms with Gasteiger partial charge in [-0.15, -0.1) is 5.10 Å². The maximum Gasteiger partial charge on any atom is 0.258 e. The molecule has 1 amide bonds. The van der Waals surface area contributed by atoms with Crippen molar-refractivity contribution in [1.29, 1.82) is 0 Å². The first-order chi connectivity index (χ1) is 17.1. The summed E-state index contributed by atoms with van der Waals surface area (Å²) in [6, 6.07) is 12.5. The Hall–Kier alpha value is -3.43. The van der Waals surface area contributed by atoms with Crippen molar-refractivity contribution in [3.63, 3.8) is 0 Å². The molecule has 1 fully saturated rings. The van der Waals surface area contributed by atoms with Gasteiger partial charge in [0.2, 0.25) is 0 Å². The third kappa shape index (κ3) is 4.22. The molecule has 0 bridgehead atoms. The third-order valence-corrected chi connectivity index (χ3v) is 8.69. The van der Waals surface area contributed by atoms with E-state index in [1.165, 1.54) is 0 Å². The molecule has 4 aromatic rings. The van der Waals surface area contributed by atoms with Gasteiger partial charge in [-0.3, -0.25) is 4.79 Å². The predicted molar refractivity (Wildman–Crippen MR) is 143 cm³/mol. The van der Waals surface area contributed by atoms with Crippen LogP contribution in [0.4, 0.5) is 0 Å². The van der Waals surface area contributed by atoms with Gasteiger partial charge in [-0.25, -0.2) is 4.98 Å². The van der Waals surface area contributed by atoms with Crippen LogP contribution in [0.1, 0.15) is 17.5 Å². The van der Waals surface area contributed by atoms with Crippen molar-refractivity contribution >= 4 is 25.0 Å². The van der Waals surface area contributed by atoms with Gasteiger partial charge in [0.25, 0.3) is 5.91 Å². The summed E-state index contributed by atoms with van der Waals surface area (Å²) >= 11 is 0. The quantitative estimate of drug-likeness (QED) is 0.368. The number of rotatable bonds is 7. The van der Waals surface area contributed by atoms with E-state index < -0.39 is 13.7 Å². The van der Waals surface area contributed by atoms with E-state index in [4.69, 9.17) is 9.94 Å². The van der Waals surface area contributed by atoms with Crippen LogP contribution in [-0.4, -0.2) is 64.1 Å². The minimum atomic E-state index is -1.51. The molecule has 0 spiro atoms. The Morgan fingerprint density at radius 1 is 1.22 bits per heavy atom. The number of H-pyrrole nitrogens is 1. The summed E-state index contributed by atoms with van der Waals surface area (Å²) in [6.45, 7) is 10.1. The number of pyridine rings is 1. The van der Waals surface area contributed by atoms with Crippen LogP contribution in [0, 0.1) is 6.92 Å². The lowest BCUT2D eigenvalue weighted by Crippen LogP contribution is -2.36. The second kappa shape index (κ2) is 8.90. The fourth-order valence-corrected chi connectivity index (χ4v) is 5.48. The second-order valence-electron chi connectivity index (χ2n) is 10.9. The Labute approximate surface area is 211 Å². The zero-order valence-electron chi connectivity index (χ0n) is 21.5. The summed E-state index contributed by atoms with van der Waals surface area (Å²) in [6.07, 6.45) is 4.07. The van der Waals surface area contributed by atoms with E-state index >= 15 is 0 Å². The molecule has 4 heterocycles. The van der Waals surface area contributed by atoms with E-state index in [9.17, 15) is 9.90 Å². The Bertz CT molecular complexity index is 1440. The van der Waals surface area contributed by atoms with E-state index in [1.807, 2.05) is 49.5 Å². The van der Waals surface area contributed by atoms with E-state index in [-0.39, 0.29) is 5.91 Å². The number of carbonyl (C=O) groups is 1. The molecule has 5 rings (SSSR count). The van der Waals surface area contributed by atoms with Crippen LogP contribution in [0.15, 0.2) is 48.8 Å². The van der Waals surface area contributed by atoms with Crippen molar-refractivity contribution in [3.05, 3.63) is 59.9 Å². The van der Waals surface area contributed by atoms with Crippen molar-refractivity contribution in [2.45, 2.75) is 44.6 Å². The number of carbonyl (C=O) groups excluding carboxylic acids is 1. The molecule has 1 atom stereocenters. The topological polar surface area (TPSA) is 96.3 Å². The SMILES string of the molecule is Cc1c(-c2cccc([C@]3(O)CCN(C)C3=O)c2)nn(OCC[Si](C)(C)C)c1-c1c[nH]c2ncccc12. The van der Waals surface area contributed by atoms with E-state index in [0.717, 1.165) is 45.2 Å². The summed E-state index contributed by atoms with van der Waals surface area (Å²) in [7, 11) is 0.420. The van der Waals surface area contributed by atoms with Crippen LogP contribution in [-0.2, 0) is 10.4 Å². The highest BCUT2D eigenvalue weighted by atomic mass is 28.3. The molecule has 0 unspecified atom stereocenters. The molecule has 8 nitrogen and oxygen atoms in total. The molecule has 1 saturated heterocycles. The number of fused-ring (bicyclic) bond motifs is 1. The molecule has 1 aliphatic heterocycles. The van der Waals surface area contributed by atoms with E-state index in [2.05, 4.69) is 29.6 Å². The fourth-order valence-electron chi connectivity index (χ4n) is 4.78. The Morgan fingerprint density at radius 3 is 2.75 bits per heavy atom. The molecule has 0 radical (unpaired) electrons. The van der Waals surface area contributed by atoms with Crippen LogP contribution in [0.3, 0.4) is 0 Å². The molecule has 36 heavy (non-hydrogen) atoms. The third-order valence-electron chi connectivity index (χ3n) is 6.99. The monoisotopic (exact) mass is 503 g/mol. The molecule has 0 saturated carbocycles. The molecule has 1 aliphatic rings. The summed E-state index contributed by atoms with van der Waals surface area (Å²) in [4.78, 5) is 29.9. The van der Waals surface area contributed by atoms with Crippen molar-refractivity contribution in [1.82, 2.24) is 24.8 Å². The highest BCUT2D eigenvalue weighted by Gasteiger charge is 2.45. The number of aromatic amines is 1. The first-order valence-electron chi connectivity index (χ1n) is 12.3. The Balaban J connectivity index is 1.60. The van der Waals surface area contributed by atoms with Gasteiger partial charge in [0.15, 0.2) is 5.60 Å². The molecule has 9 heteroatoms. The number of amides is 1. The standard InChI is InChI=1S/C27H33N5O3Si/c1-18-23(19-8-6-9-20(16-19)27(34)11-13-31(2)26(27)33)30-32(35-14-15-36(3,4)5)24(18)22-17-29-25-21(22)10-7-12-28-25/h6-10,12,16-17,34H,11,13-15H2,1-5H3,(H,28,29)/t27-/m1/s1. The smallest absolute Gasteiger partial charge is 0.258 e. The largest absolute Gasteiger partial charge is 0.396 e. The minimum Gasteiger partial charge on any atom is -0.396 e. The van der Waals surface area contributed by atoms with Gasteiger partial charge < -0.3 is 19.8 Å². The number of aliphatic hydroxyl groups is 1. The number of aromatic nitrogens is 4. The van der Waals surface area contributed by atoms with Crippen LogP contribution in [0.2, 0.25) is 25.7 Å². The van der Waals surface area contributed by atoms with Crippen LogP contribution >= 0.6 is 0 Å². The molecule has 3 aromatic heterocycles. The summed E-state index contributed by atoms with van der Waals surface area (Å²) in [5.41, 5.74) is 4.22. The van der Waals surface area contributed by atoms with E-state index in [0.29, 0.717) is 25.1 Å². The molecule has 2 N–H and O–H groups in total. The van der Waals surface area contributed by atoms with Gasteiger partial charge >= 0.3 is 0 Å².